The molecule has 2 aliphatic heterocycles. The summed E-state index contributed by atoms with van der Waals surface area (Å²) >= 11 is 6.60. The summed E-state index contributed by atoms with van der Waals surface area (Å²) in [5, 5.41) is 12.4. The minimum Gasteiger partial charge on any atom is -0.354 e. The standard InChI is InChI=1S/C40H29N5O2S4/c1-20-5-16-33(48-20)36-24-8-10-26(41-24)37(34-17-6-21(2)49-34)28-12-14-30(43-28)39(40-32(45(46)47)19-23(4)51-40)31-15-13-29(44-31)38(27-11-9-25(36)42-27)35-18-7-22(3)50-35/h5-19,41,44H,1-4H3. The summed E-state index contributed by atoms with van der Waals surface area (Å²) in [6.45, 7) is 8.24. The first-order valence-electron chi connectivity index (χ1n) is 16.3. The van der Waals surface area contributed by atoms with Crippen molar-refractivity contribution in [3.63, 3.8) is 0 Å². The molecule has 0 saturated carbocycles. The molecule has 2 aliphatic rings. The quantitative estimate of drug-likeness (QED) is 0.136. The van der Waals surface area contributed by atoms with Crippen LogP contribution in [0.4, 0.5) is 5.69 Å². The summed E-state index contributed by atoms with van der Waals surface area (Å²) < 4.78 is 0. The lowest BCUT2D eigenvalue weighted by Crippen LogP contribution is -1.90. The number of aryl methyl sites for hydroxylation is 4. The Balaban J connectivity index is 1.49. The van der Waals surface area contributed by atoms with Gasteiger partial charge < -0.3 is 9.97 Å². The second kappa shape index (κ2) is 12.2. The van der Waals surface area contributed by atoms with E-state index in [1.165, 1.54) is 26.0 Å². The van der Waals surface area contributed by atoms with Gasteiger partial charge in [-0.25, -0.2) is 9.97 Å². The van der Waals surface area contributed by atoms with Crippen molar-refractivity contribution < 1.29 is 4.92 Å². The van der Waals surface area contributed by atoms with Crippen molar-refractivity contribution in [3.8, 4) is 41.8 Å². The number of rotatable bonds is 5. The zero-order valence-electron chi connectivity index (χ0n) is 28.0. The van der Waals surface area contributed by atoms with E-state index in [-0.39, 0.29) is 10.6 Å². The van der Waals surface area contributed by atoms with Crippen LogP contribution in [0, 0.1) is 37.8 Å². The molecule has 7 aromatic rings. The molecule has 0 fully saturated rings. The highest BCUT2D eigenvalue weighted by Gasteiger charge is 2.25. The SMILES string of the molecule is Cc1ccc(-c2c3nc(c(-c4ccc(C)s4)c4ccc([nH]4)c(-c4sc(C)cc4[N+](=O)[O-])c4nc(c(-c5ccc(C)s5)c5ccc2[nH]5)C=C4)C=C3)s1. The molecule has 7 nitrogen and oxygen atoms in total. The molecule has 0 radical (unpaired) electrons. The Morgan fingerprint density at radius 1 is 0.510 bits per heavy atom. The molecule has 250 valence electrons. The number of nitrogens with one attached hydrogen (secondary N) is 2. The maximum Gasteiger partial charge on any atom is 0.288 e. The van der Waals surface area contributed by atoms with Gasteiger partial charge in [-0.15, -0.1) is 45.3 Å². The van der Waals surface area contributed by atoms with Gasteiger partial charge in [-0.2, -0.15) is 0 Å². The molecule has 0 spiro atoms. The predicted molar refractivity (Wildman–Crippen MR) is 218 cm³/mol. The van der Waals surface area contributed by atoms with Crippen molar-refractivity contribution in [2.45, 2.75) is 27.7 Å². The Labute approximate surface area is 309 Å². The Morgan fingerprint density at radius 3 is 1.24 bits per heavy atom. The molecule has 0 aliphatic carbocycles. The Morgan fingerprint density at radius 2 is 0.882 bits per heavy atom. The third-order valence-corrected chi connectivity index (χ3v) is 13.1. The van der Waals surface area contributed by atoms with Gasteiger partial charge in [0.15, 0.2) is 0 Å². The molecule has 51 heavy (non-hydrogen) atoms. The van der Waals surface area contributed by atoms with Crippen molar-refractivity contribution >= 4 is 97.4 Å². The molecule has 8 bridgehead atoms. The third kappa shape index (κ3) is 5.53. The van der Waals surface area contributed by atoms with Gasteiger partial charge in [-0.05, 0) is 113 Å². The lowest BCUT2D eigenvalue weighted by Gasteiger charge is -2.04. The molecule has 0 atom stereocenters. The number of aromatic amines is 2. The van der Waals surface area contributed by atoms with E-state index in [1.807, 2.05) is 25.1 Å². The van der Waals surface area contributed by atoms with Gasteiger partial charge in [0, 0.05) is 84.5 Å². The van der Waals surface area contributed by atoms with Gasteiger partial charge in [0.05, 0.1) is 27.7 Å². The summed E-state index contributed by atoms with van der Waals surface area (Å²) in [5.74, 6) is 0. The lowest BCUT2D eigenvalue weighted by atomic mass is 10.1. The van der Waals surface area contributed by atoms with Crippen molar-refractivity contribution in [2.24, 2.45) is 0 Å². The Kier molecular flexibility index (Phi) is 7.62. The maximum absolute atomic E-state index is 12.4. The van der Waals surface area contributed by atoms with Gasteiger partial charge in [-0.1, -0.05) is 0 Å². The van der Waals surface area contributed by atoms with E-state index in [9.17, 15) is 10.1 Å². The summed E-state index contributed by atoms with van der Waals surface area (Å²) in [4.78, 5) is 38.6. The number of nitro groups is 1. The first-order valence-corrected chi connectivity index (χ1v) is 19.6. The van der Waals surface area contributed by atoms with Crippen molar-refractivity contribution in [1.29, 1.82) is 0 Å². The first kappa shape index (κ1) is 31.8. The van der Waals surface area contributed by atoms with Gasteiger partial charge in [0.1, 0.15) is 4.88 Å². The van der Waals surface area contributed by atoms with Crippen LogP contribution in [0.2, 0.25) is 0 Å². The van der Waals surface area contributed by atoms with Crippen LogP contribution in [0.25, 0.3) is 88.1 Å². The predicted octanol–water partition coefficient (Wildman–Crippen LogP) is 12.7. The molecular weight excluding hydrogens is 711 g/mol. The van der Waals surface area contributed by atoms with Crippen LogP contribution in [-0.2, 0) is 0 Å². The third-order valence-electron chi connectivity index (χ3n) is 8.97. The zero-order chi connectivity index (χ0) is 35.0. The van der Waals surface area contributed by atoms with Gasteiger partial charge in [0.2, 0.25) is 0 Å². The number of hydrogen-bond acceptors (Lipinski definition) is 8. The second-order valence-electron chi connectivity index (χ2n) is 12.6. The molecule has 11 heteroatoms. The fourth-order valence-corrected chi connectivity index (χ4v) is 10.6. The lowest BCUT2D eigenvalue weighted by molar-refractivity contribution is -0.383. The average molecular weight is 740 g/mol. The van der Waals surface area contributed by atoms with Gasteiger partial charge in [0.25, 0.3) is 5.69 Å². The van der Waals surface area contributed by atoms with Crippen molar-refractivity contribution in [2.75, 3.05) is 0 Å². The minimum atomic E-state index is -0.296. The summed E-state index contributed by atoms with van der Waals surface area (Å²) in [6.07, 6.45) is 8.21. The number of thiophene rings is 4. The summed E-state index contributed by atoms with van der Waals surface area (Å²) in [5.41, 5.74) is 10.5. The van der Waals surface area contributed by atoms with E-state index >= 15 is 0 Å². The van der Waals surface area contributed by atoms with Crippen LogP contribution >= 0.6 is 45.3 Å². The number of nitrogens with zero attached hydrogens (tertiary/aromatic N) is 3. The molecule has 0 amide bonds. The molecule has 9 rings (SSSR count). The molecular formula is C40H29N5O2S4. The molecule has 0 saturated heterocycles. The van der Waals surface area contributed by atoms with Gasteiger partial charge in [-0.3, -0.25) is 10.1 Å². The summed E-state index contributed by atoms with van der Waals surface area (Å²) in [7, 11) is 0. The van der Waals surface area contributed by atoms with E-state index < -0.39 is 0 Å². The number of aromatic nitrogens is 4. The van der Waals surface area contributed by atoms with E-state index in [1.54, 1.807) is 40.1 Å². The van der Waals surface area contributed by atoms with Crippen LogP contribution in [0.15, 0.2) is 66.7 Å². The van der Waals surface area contributed by atoms with Crippen LogP contribution in [0.3, 0.4) is 0 Å². The van der Waals surface area contributed by atoms with Gasteiger partial charge >= 0.3 is 0 Å². The topological polar surface area (TPSA) is 100 Å². The van der Waals surface area contributed by atoms with Crippen LogP contribution in [-0.4, -0.2) is 24.9 Å². The fourth-order valence-electron chi connectivity index (χ4n) is 6.74. The smallest absolute Gasteiger partial charge is 0.288 e. The Hall–Kier alpha value is -5.20. The van der Waals surface area contributed by atoms with E-state index in [0.29, 0.717) is 16.1 Å². The van der Waals surface area contributed by atoms with E-state index in [2.05, 4.69) is 97.5 Å². The number of H-pyrrole nitrogens is 2. The highest BCUT2D eigenvalue weighted by molar-refractivity contribution is 7.16. The van der Waals surface area contributed by atoms with Crippen LogP contribution < -0.4 is 0 Å². The summed E-state index contributed by atoms with van der Waals surface area (Å²) in [6, 6.07) is 22.8. The monoisotopic (exact) mass is 739 g/mol. The molecule has 9 heterocycles. The molecule has 0 unspecified atom stereocenters. The molecule has 2 N–H and O–H groups in total. The molecule has 7 aromatic heterocycles. The largest absolute Gasteiger partial charge is 0.354 e. The highest BCUT2D eigenvalue weighted by atomic mass is 32.1. The fraction of sp³-hybridized carbons (Fsp3) is 0.100. The second-order valence-corrected chi connectivity index (χ2v) is 17.7. The highest BCUT2D eigenvalue weighted by Crippen LogP contribution is 2.44. The first-order chi connectivity index (χ1) is 24.7. The van der Waals surface area contributed by atoms with Crippen molar-refractivity contribution in [3.05, 3.63) is 119 Å². The van der Waals surface area contributed by atoms with Crippen LogP contribution in [0.5, 0.6) is 0 Å². The van der Waals surface area contributed by atoms with E-state index in [0.717, 1.165) is 75.3 Å². The molecule has 0 aromatic carbocycles. The number of hydrogen-bond donors (Lipinski definition) is 2. The minimum absolute atomic E-state index is 0.0713. The normalized spacial score (nSPS) is 12.3. The Bertz CT molecular complexity index is 2760. The average Bonchev–Trinajstić information content (AvgIpc) is 3.92. The van der Waals surface area contributed by atoms with Crippen molar-refractivity contribution in [1.82, 2.24) is 19.9 Å². The van der Waals surface area contributed by atoms with Crippen LogP contribution in [0.1, 0.15) is 42.3 Å². The number of fused-ring (bicyclic) bond motifs is 8. The zero-order valence-corrected chi connectivity index (χ0v) is 31.2. The van der Waals surface area contributed by atoms with E-state index in [4.69, 9.17) is 9.97 Å². The maximum atomic E-state index is 12.4.